The molecule has 0 heterocycles. The highest BCUT2D eigenvalue weighted by Crippen LogP contribution is 2.23. The Kier molecular flexibility index (Phi) is 5.00. The monoisotopic (exact) mass is 271 g/mol. The van der Waals surface area contributed by atoms with Gasteiger partial charge in [0.25, 0.3) is 0 Å². The summed E-state index contributed by atoms with van der Waals surface area (Å²) < 4.78 is 26.4. The lowest BCUT2D eigenvalue weighted by Gasteiger charge is -2.25. The van der Waals surface area contributed by atoms with E-state index in [1.54, 1.807) is 6.92 Å². The summed E-state index contributed by atoms with van der Waals surface area (Å²) in [5.74, 6) is -1.91. The van der Waals surface area contributed by atoms with Gasteiger partial charge in [-0.05, 0) is 19.4 Å². The molecule has 5 heteroatoms. The van der Waals surface area contributed by atoms with Gasteiger partial charge in [-0.25, -0.2) is 8.78 Å². The van der Waals surface area contributed by atoms with Gasteiger partial charge in [-0.3, -0.25) is 4.79 Å². The maximum Gasteiger partial charge on any atom is 0.222 e. The number of aliphatic hydroxyl groups is 1. The Balaban J connectivity index is 2.78. The Morgan fingerprint density at radius 1 is 1.47 bits per heavy atom. The molecular formula is C14H19F2NO2. The van der Waals surface area contributed by atoms with Crippen molar-refractivity contribution < 1.29 is 18.7 Å². The third kappa shape index (κ3) is 3.99. The zero-order chi connectivity index (χ0) is 14.6. The standard InChI is InChI=1S/C14H19F2NO2/c1-4-9(2)13(18)17-8-14(3,19)11-6-5-10(15)7-12(11)16/h5-7,9,19H,4,8H2,1-3H3,(H,17,18). The first-order valence-electron chi connectivity index (χ1n) is 6.23. The van der Waals surface area contributed by atoms with Gasteiger partial charge in [-0.1, -0.05) is 19.9 Å². The van der Waals surface area contributed by atoms with Crippen LogP contribution in [0.3, 0.4) is 0 Å². The minimum Gasteiger partial charge on any atom is -0.383 e. The third-order valence-corrected chi connectivity index (χ3v) is 3.18. The zero-order valence-electron chi connectivity index (χ0n) is 11.3. The van der Waals surface area contributed by atoms with Crippen LogP contribution in [0.25, 0.3) is 0 Å². The third-order valence-electron chi connectivity index (χ3n) is 3.18. The molecule has 0 fully saturated rings. The first-order valence-corrected chi connectivity index (χ1v) is 6.23. The van der Waals surface area contributed by atoms with Crippen LogP contribution in [0.15, 0.2) is 18.2 Å². The Labute approximate surface area is 111 Å². The van der Waals surface area contributed by atoms with Crippen LogP contribution in [-0.4, -0.2) is 17.6 Å². The molecule has 19 heavy (non-hydrogen) atoms. The van der Waals surface area contributed by atoms with E-state index in [2.05, 4.69) is 5.32 Å². The van der Waals surface area contributed by atoms with Crippen LogP contribution in [0.4, 0.5) is 8.78 Å². The summed E-state index contributed by atoms with van der Waals surface area (Å²) >= 11 is 0. The van der Waals surface area contributed by atoms with Crippen molar-refractivity contribution in [2.24, 2.45) is 5.92 Å². The van der Waals surface area contributed by atoms with Gasteiger partial charge >= 0.3 is 0 Å². The van der Waals surface area contributed by atoms with E-state index in [0.29, 0.717) is 12.5 Å². The van der Waals surface area contributed by atoms with Gasteiger partial charge in [-0.15, -0.1) is 0 Å². The number of carbonyl (C=O) groups is 1. The van der Waals surface area contributed by atoms with Gasteiger partial charge in [0.1, 0.15) is 17.2 Å². The molecule has 106 valence electrons. The molecule has 0 spiro atoms. The van der Waals surface area contributed by atoms with Crippen LogP contribution in [-0.2, 0) is 10.4 Å². The summed E-state index contributed by atoms with van der Waals surface area (Å²) in [6, 6.07) is 2.96. The first kappa shape index (κ1) is 15.6. The van der Waals surface area contributed by atoms with Crippen LogP contribution in [0.2, 0.25) is 0 Å². The molecule has 1 aromatic carbocycles. The molecule has 0 aliphatic rings. The molecule has 1 amide bonds. The van der Waals surface area contributed by atoms with Crippen molar-refractivity contribution in [2.75, 3.05) is 6.54 Å². The van der Waals surface area contributed by atoms with Crippen molar-refractivity contribution in [1.82, 2.24) is 5.32 Å². The summed E-state index contributed by atoms with van der Waals surface area (Å²) in [5, 5.41) is 12.7. The lowest BCUT2D eigenvalue weighted by molar-refractivity contribution is -0.125. The number of amides is 1. The lowest BCUT2D eigenvalue weighted by atomic mass is 9.95. The van der Waals surface area contributed by atoms with E-state index in [4.69, 9.17) is 0 Å². The molecule has 1 aromatic rings. The van der Waals surface area contributed by atoms with Gasteiger partial charge in [0.2, 0.25) is 5.91 Å². The Hall–Kier alpha value is -1.49. The molecule has 2 unspecified atom stereocenters. The highest BCUT2D eigenvalue weighted by Gasteiger charge is 2.28. The predicted octanol–water partition coefficient (Wildman–Crippen LogP) is 2.33. The number of hydrogen-bond donors (Lipinski definition) is 2. The number of benzene rings is 1. The second-order valence-corrected chi connectivity index (χ2v) is 4.93. The number of hydrogen-bond acceptors (Lipinski definition) is 2. The molecule has 1 rings (SSSR count). The quantitative estimate of drug-likeness (QED) is 0.863. The van der Waals surface area contributed by atoms with E-state index in [-0.39, 0.29) is 23.9 Å². The van der Waals surface area contributed by atoms with Gasteiger partial charge in [0, 0.05) is 17.5 Å². The zero-order valence-corrected chi connectivity index (χ0v) is 11.3. The number of carbonyl (C=O) groups excluding carboxylic acids is 1. The van der Waals surface area contributed by atoms with E-state index >= 15 is 0 Å². The Morgan fingerprint density at radius 3 is 2.63 bits per heavy atom. The van der Waals surface area contributed by atoms with Crippen LogP contribution in [0.5, 0.6) is 0 Å². The average molecular weight is 271 g/mol. The maximum atomic E-state index is 13.6. The Bertz CT molecular complexity index is 461. The molecular weight excluding hydrogens is 252 g/mol. The highest BCUT2D eigenvalue weighted by atomic mass is 19.1. The predicted molar refractivity (Wildman–Crippen MR) is 68.4 cm³/mol. The van der Waals surface area contributed by atoms with E-state index in [1.807, 2.05) is 6.92 Å². The fourth-order valence-corrected chi connectivity index (χ4v) is 1.64. The molecule has 0 aromatic heterocycles. The molecule has 2 N–H and O–H groups in total. The highest BCUT2D eigenvalue weighted by molar-refractivity contribution is 5.78. The maximum absolute atomic E-state index is 13.6. The normalized spacial score (nSPS) is 15.7. The second kappa shape index (κ2) is 6.10. The second-order valence-electron chi connectivity index (χ2n) is 4.93. The van der Waals surface area contributed by atoms with E-state index < -0.39 is 17.2 Å². The fourth-order valence-electron chi connectivity index (χ4n) is 1.64. The van der Waals surface area contributed by atoms with E-state index in [9.17, 15) is 18.7 Å². The number of halogens is 2. The summed E-state index contributed by atoms with van der Waals surface area (Å²) in [6.45, 7) is 4.89. The van der Waals surface area contributed by atoms with E-state index in [1.165, 1.54) is 13.0 Å². The molecule has 0 radical (unpaired) electrons. The molecule has 0 aliphatic heterocycles. The van der Waals surface area contributed by atoms with Crippen molar-refractivity contribution in [3.8, 4) is 0 Å². The van der Waals surface area contributed by atoms with Gasteiger partial charge in [-0.2, -0.15) is 0 Å². The lowest BCUT2D eigenvalue weighted by Crippen LogP contribution is -2.41. The summed E-state index contributed by atoms with van der Waals surface area (Å²) in [4.78, 5) is 11.6. The van der Waals surface area contributed by atoms with Crippen molar-refractivity contribution >= 4 is 5.91 Å². The largest absolute Gasteiger partial charge is 0.383 e. The fraction of sp³-hybridized carbons (Fsp3) is 0.500. The summed E-state index contributed by atoms with van der Waals surface area (Å²) in [6.07, 6.45) is 0.679. The first-order chi connectivity index (χ1) is 8.77. The summed E-state index contributed by atoms with van der Waals surface area (Å²) in [7, 11) is 0. The molecule has 2 atom stereocenters. The van der Waals surface area contributed by atoms with Crippen LogP contribution in [0, 0.1) is 17.6 Å². The van der Waals surface area contributed by atoms with Gasteiger partial charge < -0.3 is 10.4 Å². The SMILES string of the molecule is CCC(C)C(=O)NCC(C)(O)c1ccc(F)cc1F. The molecule has 3 nitrogen and oxygen atoms in total. The van der Waals surface area contributed by atoms with Crippen molar-refractivity contribution in [2.45, 2.75) is 32.8 Å². The Morgan fingerprint density at radius 2 is 2.11 bits per heavy atom. The molecule has 0 saturated heterocycles. The molecule has 0 aliphatic carbocycles. The number of nitrogens with one attached hydrogen (secondary N) is 1. The smallest absolute Gasteiger partial charge is 0.222 e. The van der Waals surface area contributed by atoms with Crippen molar-refractivity contribution in [3.05, 3.63) is 35.4 Å². The van der Waals surface area contributed by atoms with Crippen LogP contribution < -0.4 is 5.32 Å². The van der Waals surface area contributed by atoms with E-state index in [0.717, 1.165) is 6.07 Å². The van der Waals surface area contributed by atoms with Crippen LogP contribution in [0.1, 0.15) is 32.8 Å². The minimum absolute atomic E-state index is 0.0432. The van der Waals surface area contributed by atoms with Gasteiger partial charge in [0.15, 0.2) is 0 Å². The molecule has 0 saturated carbocycles. The van der Waals surface area contributed by atoms with Crippen LogP contribution >= 0.6 is 0 Å². The van der Waals surface area contributed by atoms with Crippen molar-refractivity contribution in [3.63, 3.8) is 0 Å². The average Bonchev–Trinajstić information content (AvgIpc) is 2.34. The van der Waals surface area contributed by atoms with Gasteiger partial charge in [0.05, 0.1) is 6.54 Å². The minimum atomic E-state index is -1.58. The van der Waals surface area contributed by atoms with Crippen molar-refractivity contribution in [1.29, 1.82) is 0 Å². The number of rotatable bonds is 5. The topological polar surface area (TPSA) is 49.3 Å². The summed E-state index contributed by atoms with van der Waals surface area (Å²) in [5.41, 5.74) is -1.63. The molecule has 0 bridgehead atoms.